The van der Waals surface area contributed by atoms with Crippen LogP contribution in [0.1, 0.15) is 18.6 Å². The fourth-order valence-corrected chi connectivity index (χ4v) is 2.56. The van der Waals surface area contributed by atoms with Gasteiger partial charge in [0, 0.05) is 11.6 Å². The van der Waals surface area contributed by atoms with Gasteiger partial charge in [-0.1, -0.05) is 0 Å². The smallest absolute Gasteiger partial charge is 0.258 e. The molecule has 0 aliphatic rings. The number of rotatable bonds is 3. The molecule has 2 aromatic rings. The Morgan fingerprint density at radius 3 is 2.80 bits per heavy atom. The first kappa shape index (κ1) is 15.4. The predicted molar refractivity (Wildman–Crippen MR) is 82.3 cm³/mol. The first-order valence-corrected chi connectivity index (χ1v) is 7.34. The Morgan fingerprint density at radius 2 is 2.10 bits per heavy atom. The first-order valence-electron chi connectivity index (χ1n) is 5.47. The molecular weight excluding hydrogens is 447 g/mol. The van der Waals surface area contributed by atoms with Crippen LogP contribution in [0.4, 0.5) is 14.6 Å². The Balaban J connectivity index is 2.33. The van der Waals surface area contributed by atoms with Gasteiger partial charge in [-0.2, -0.15) is 0 Å². The number of anilines is 1. The number of halogens is 4. The van der Waals surface area contributed by atoms with E-state index < -0.39 is 17.7 Å². The van der Waals surface area contributed by atoms with Gasteiger partial charge in [0.25, 0.3) is 5.88 Å². The van der Waals surface area contributed by atoms with Crippen molar-refractivity contribution in [1.29, 1.82) is 0 Å². The summed E-state index contributed by atoms with van der Waals surface area (Å²) >= 11 is 4.95. The van der Waals surface area contributed by atoms with Crippen LogP contribution in [-0.4, -0.2) is 9.97 Å². The van der Waals surface area contributed by atoms with Gasteiger partial charge in [0.2, 0.25) is 0 Å². The summed E-state index contributed by atoms with van der Waals surface area (Å²) in [6, 6.07) is 2.04. The monoisotopic (exact) mass is 455 g/mol. The van der Waals surface area contributed by atoms with Crippen molar-refractivity contribution in [2.75, 3.05) is 5.73 Å². The van der Waals surface area contributed by atoms with Gasteiger partial charge in [0.1, 0.15) is 22.3 Å². The summed E-state index contributed by atoms with van der Waals surface area (Å²) in [5, 5.41) is 0. The maximum Gasteiger partial charge on any atom is 0.258 e. The minimum Gasteiger partial charge on any atom is -0.467 e. The molecule has 8 heteroatoms. The summed E-state index contributed by atoms with van der Waals surface area (Å²) in [5.41, 5.74) is 6.02. The number of ether oxygens (including phenoxy) is 1. The first-order chi connectivity index (χ1) is 9.38. The standard InChI is InChI=1S/C12H9BrF2IN3O/c1-5(7-2-6(14)3-8(15)10(7)16)20-12-11(17)18-4-9(13)19-12/h2-5H,1H3,(H2,17,18)/t5-/m1/s1. The molecule has 0 saturated heterocycles. The zero-order valence-corrected chi connectivity index (χ0v) is 13.9. The van der Waals surface area contributed by atoms with E-state index >= 15 is 0 Å². The van der Waals surface area contributed by atoms with E-state index in [0.717, 1.165) is 6.07 Å². The van der Waals surface area contributed by atoms with Gasteiger partial charge in [0.05, 0.1) is 9.77 Å². The van der Waals surface area contributed by atoms with Crippen LogP contribution in [0.5, 0.6) is 5.88 Å². The number of nitrogen functional groups attached to an aromatic ring is 1. The quantitative estimate of drug-likeness (QED) is 0.564. The van der Waals surface area contributed by atoms with Gasteiger partial charge in [0.15, 0.2) is 5.82 Å². The molecule has 0 amide bonds. The third-order valence-corrected chi connectivity index (χ3v) is 4.01. The van der Waals surface area contributed by atoms with E-state index in [1.165, 1.54) is 12.3 Å². The van der Waals surface area contributed by atoms with E-state index in [1.807, 2.05) is 0 Å². The highest BCUT2D eigenvalue weighted by Crippen LogP contribution is 2.29. The molecule has 2 N–H and O–H groups in total. The number of hydrogen-bond acceptors (Lipinski definition) is 4. The lowest BCUT2D eigenvalue weighted by Crippen LogP contribution is -2.10. The highest BCUT2D eigenvalue weighted by Gasteiger charge is 2.18. The summed E-state index contributed by atoms with van der Waals surface area (Å²) in [6.45, 7) is 1.65. The lowest BCUT2D eigenvalue weighted by Gasteiger charge is -2.17. The number of hydrogen-bond donors (Lipinski definition) is 1. The van der Waals surface area contributed by atoms with Gasteiger partial charge in [-0.3, -0.25) is 0 Å². The Labute approximate surface area is 136 Å². The highest BCUT2D eigenvalue weighted by molar-refractivity contribution is 14.1. The van der Waals surface area contributed by atoms with Crippen molar-refractivity contribution in [1.82, 2.24) is 9.97 Å². The Hall–Kier alpha value is -1.03. The molecular formula is C12H9BrF2IN3O. The molecule has 2 rings (SSSR count). The number of aromatic nitrogens is 2. The van der Waals surface area contributed by atoms with E-state index in [-0.39, 0.29) is 15.3 Å². The molecule has 0 unspecified atom stereocenters. The van der Waals surface area contributed by atoms with E-state index in [0.29, 0.717) is 10.2 Å². The minimum atomic E-state index is -0.665. The lowest BCUT2D eigenvalue weighted by molar-refractivity contribution is 0.215. The van der Waals surface area contributed by atoms with Gasteiger partial charge in [-0.05, 0) is 51.5 Å². The van der Waals surface area contributed by atoms with Crippen molar-refractivity contribution < 1.29 is 13.5 Å². The minimum absolute atomic E-state index is 0.104. The summed E-state index contributed by atoms with van der Waals surface area (Å²) < 4.78 is 33.1. The molecule has 1 atom stereocenters. The molecule has 20 heavy (non-hydrogen) atoms. The largest absolute Gasteiger partial charge is 0.467 e. The van der Waals surface area contributed by atoms with Crippen molar-refractivity contribution in [2.24, 2.45) is 0 Å². The summed E-state index contributed by atoms with van der Waals surface area (Å²) in [5.74, 6) is -1.09. The Bertz CT molecular complexity index is 657. The second kappa shape index (κ2) is 6.17. The molecule has 0 spiro atoms. The average Bonchev–Trinajstić information content (AvgIpc) is 2.38. The third-order valence-electron chi connectivity index (χ3n) is 2.49. The number of nitrogens with zero attached hydrogens (tertiary/aromatic N) is 2. The fourth-order valence-electron chi connectivity index (χ4n) is 1.55. The van der Waals surface area contributed by atoms with Crippen molar-refractivity contribution in [2.45, 2.75) is 13.0 Å². The summed E-state index contributed by atoms with van der Waals surface area (Å²) in [7, 11) is 0. The van der Waals surface area contributed by atoms with Crippen LogP contribution in [0.15, 0.2) is 22.9 Å². The molecule has 0 bridgehead atoms. The SMILES string of the molecule is C[C@@H](Oc1nc(Br)cnc1N)c1cc(F)cc(F)c1I. The zero-order valence-electron chi connectivity index (χ0n) is 10.2. The van der Waals surface area contributed by atoms with Crippen LogP contribution in [0.25, 0.3) is 0 Å². The van der Waals surface area contributed by atoms with Crippen LogP contribution in [0, 0.1) is 15.2 Å². The fraction of sp³-hybridized carbons (Fsp3) is 0.167. The topological polar surface area (TPSA) is 61.0 Å². The molecule has 0 saturated carbocycles. The Morgan fingerprint density at radius 1 is 1.40 bits per heavy atom. The molecule has 106 valence electrons. The molecule has 0 radical (unpaired) electrons. The molecule has 0 fully saturated rings. The predicted octanol–water partition coefficient (Wildman–Crippen LogP) is 3.84. The molecule has 0 aliphatic heterocycles. The normalized spacial score (nSPS) is 12.2. The van der Waals surface area contributed by atoms with E-state index in [9.17, 15) is 8.78 Å². The zero-order chi connectivity index (χ0) is 14.9. The van der Waals surface area contributed by atoms with Crippen LogP contribution in [0.3, 0.4) is 0 Å². The lowest BCUT2D eigenvalue weighted by atomic mass is 10.1. The summed E-state index contributed by atoms with van der Waals surface area (Å²) in [4.78, 5) is 7.91. The second-order valence-corrected chi connectivity index (χ2v) is 5.83. The number of benzene rings is 1. The number of nitrogens with two attached hydrogens (primary N) is 1. The van der Waals surface area contributed by atoms with Gasteiger partial charge in [-0.25, -0.2) is 18.7 Å². The molecule has 1 aromatic heterocycles. The van der Waals surface area contributed by atoms with Gasteiger partial charge < -0.3 is 10.5 Å². The van der Waals surface area contributed by atoms with E-state index in [1.54, 1.807) is 29.5 Å². The molecule has 1 heterocycles. The van der Waals surface area contributed by atoms with Gasteiger partial charge >= 0.3 is 0 Å². The van der Waals surface area contributed by atoms with Crippen LogP contribution in [-0.2, 0) is 0 Å². The third kappa shape index (κ3) is 3.35. The van der Waals surface area contributed by atoms with Crippen molar-refractivity contribution in [3.8, 4) is 5.88 Å². The molecule has 4 nitrogen and oxygen atoms in total. The average molecular weight is 456 g/mol. The summed E-state index contributed by atoms with van der Waals surface area (Å²) in [6.07, 6.45) is 0.802. The maximum absolute atomic E-state index is 13.5. The van der Waals surface area contributed by atoms with Crippen molar-refractivity contribution in [3.05, 3.63) is 43.7 Å². The van der Waals surface area contributed by atoms with Crippen molar-refractivity contribution in [3.63, 3.8) is 0 Å². The maximum atomic E-state index is 13.5. The van der Waals surface area contributed by atoms with E-state index in [2.05, 4.69) is 25.9 Å². The molecule has 0 aliphatic carbocycles. The Kier molecular flexibility index (Phi) is 4.74. The highest BCUT2D eigenvalue weighted by atomic mass is 127. The van der Waals surface area contributed by atoms with E-state index in [4.69, 9.17) is 10.5 Å². The van der Waals surface area contributed by atoms with Gasteiger partial charge in [-0.15, -0.1) is 0 Å². The van der Waals surface area contributed by atoms with Crippen molar-refractivity contribution >= 4 is 44.3 Å². The van der Waals surface area contributed by atoms with Crippen LogP contribution >= 0.6 is 38.5 Å². The molecule has 1 aromatic carbocycles. The van der Waals surface area contributed by atoms with Crippen LogP contribution < -0.4 is 10.5 Å². The second-order valence-electron chi connectivity index (χ2n) is 3.93. The van der Waals surface area contributed by atoms with Crippen LogP contribution in [0.2, 0.25) is 0 Å².